The van der Waals surface area contributed by atoms with Gasteiger partial charge in [0.05, 0.1) is 11.1 Å². The van der Waals surface area contributed by atoms with E-state index in [1.54, 1.807) is 6.07 Å². The number of Topliss-reactive ketones (excluding diaryl/α,β-unsaturated/α-hetero) is 1. The summed E-state index contributed by atoms with van der Waals surface area (Å²) in [7, 11) is 0. The average Bonchev–Trinajstić information content (AvgIpc) is 2.01. The normalized spacial score (nSPS) is 9.31. The van der Waals surface area contributed by atoms with Gasteiger partial charge in [0.2, 0.25) is 0 Å². The summed E-state index contributed by atoms with van der Waals surface area (Å²) in [6.45, 7) is 1.20. The quantitative estimate of drug-likeness (QED) is 0.523. The Hall–Kier alpha value is -1.89. The Kier molecular flexibility index (Phi) is 2.29. The molecule has 0 saturated heterocycles. The summed E-state index contributed by atoms with van der Waals surface area (Å²) in [6.07, 6.45) is 0. The van der Waals surface area contributed by atoms with Gasteiger partial charge in [-0.15, -0.1) is 0 Å². The molecule has 1 aromatic carbocycles. The number of carbonyl (C=O) groups is 1. The third-order valence-electron chi connectivity index (χ3n) is 1.59. The number of carbonyl (C=O) groups excluding carboxylic acids is 1. The molecular weight excluding hydrogens is 171 g/mol. The smallest absolute Gasteiger partial charge is 0.164 e. The van der Waals surface area contributed by atoms with E-state index in [1.807, 2.05) is 0 Å². The standard InChI is InChI=1S/C9H7FN2O/c1-5(13)9-6(4-11)2-7(12)3-8(9)10/h2-3H,12H2,1H3. The number of benzene rings is 1. The highest BCUT2D eigenvalue weighted by atomic mass is 19.1. The Labute approximate surface area is 74.6 Å². The van der Waals surface area contributed by atoms with Gasteiger partial charge in [-0.3, -0.25) is 4.79 Å². The first-order chi connectivity index (χ1) is 6.06. The van der Waals surface area contributed by atoms with Gasteiger partial charge < -0.3 is 5.73 Å². The van der Waals surface area contributed by atoms with Crippen molar-refractivity contribution in [3.8, 4) is 6.07 Å². The van der Waals surface area contributed by atoms with E-state index >= 15 is 0 Å². The summed E-state index contributed by atoms with van der Waals surface area (Å²) in [5.41, 5.74) is 5.22. The van der Waals surface area contributed by atoms with Crippen molar-refractivity contribution in [2.75, 3.05) is 5.73 Å². The molecule has 0 unspecified atom stereocenters. The number of nitriles is 1. The van der Waals surface area contributed by atoms with E-state index in [2.05, 4.69) is 0 Å². The van der Waals surface area contributed by atoms with Gasteiger partial charge >= 0.3 is 0 Å². The van der Waals surface area contributed by atoms with Gasteiger partial charge in [-0.25, -0.2) is 4.39 Å². The van der Waals surface area contributed by atoms with Crippen molar-refractivity contribution in [2.24, 2.45) is 0 Å². The molecule has 0 radical (unpaired) electrons. The number of nitrogen functional groups attached to an aromatic ring is 1. The fourth-order valence-electron chi connectivity index (χ4n) is 1.07. The molecule has 1 aromatic rings. The Bertz CT molecular complexity index is 407. The van der Waals surface area contributed by atoms with Crippen LogP contribution in [0.3, 0.4) is 0 Å². The Morgan fingerprint density at radius 1 is 1.62 bits per heavy atom. The molecule has 0 aromatic heterocycles. The maximum atomic E-state index is 13.1. The van der Waals surface area contributed by atoms with Crippen molar-refractivity contribution in [3.05, 3.63) is 29.1 Å². The van der Waals surface area contributed by atoms with Gasteiger partial charge in [-0.2, -0.15) is 5.26 Å². The summed E-state index contributed by atoms with van der Waals surface area (Å²) in [4.78, 5) is 10.9. The van der Waals surface area contributed by atoms with Crippen LogP contribution in [0, 0.1) is 17.1 Å². The van der Waals surface area contributed by atoms with Crippen LogP contribution in [0.25, 0.3) is 0 Å². The molecule has 4 heteroatoms. The zero-order valence-electron chi connectivity index (χ0n) is 6.97. The molecule has 2 N–H and O–H groups in total. The Balaban J connectivity index is 3.50. The topological polar surface area (TPSA) is 66.9 Å². The molecule has 0 aliphatic carbocycles. The van der Waals surface area contributed by atoms with Gasteiger partial charge in [0.25, 0.3) is 0 Å². The van der Waals surface area contributed by atoms with Gasteiger partial charge in [0.1, 0.15) is 11.9 Å². The number of halogens is 1. The van der Waals surface area contributed by atoms with Crippen molar-refractivity contribution in [2.45, 2.75) is 6.92 Å². The second-order valence-corrected chi connectivity index (χ2v) is 2.59. The number of rotatable bonds is 1. The third-order valence-corrected chi connectivity index (χ3v) is 1.59. The minimum absolute atomic E-state index is 0.0231. The van der Waals surface area contributed by atoms with E-state index in [9.17, 15) is 9.18 Å². The lowest BCUT2D eigenvalue weighted by Crippen LogP contribution is -2.02. The summed E-state index contributed by atoms with van der Waals surface area (Å²) in [5.74, 6) is -1.22. The SMILES string of the molecule is CC(=O)c1c(F)cc(N)cc1C#N. The van der Waals surface area contributed by atoms with Crippen LogP contribution >= 0.6 is 0 Å². The summed E-state index contributed by atoms with van der Waals surface area (Å²) >= 11 is 0. The van der Waals surface area contributed by atoms with Crippen LogP contribution in [-0.4, -0.2) is 5.78 Å². The molecule has 66 valence electrons. The van der Waals surface area contributed by atoms with Crippen molar-refractivity contribution in [1.82, 2.24) is 0 Å². The highest BCUT2D eigenvalue weighted by molar-refractivity contribution is 5.97. The lowest BCUT2D eigenvalue weighted by molar-refractivity contribution is 0.101. The molecule has 0 spiro atoms. The maximum absolute atomic E-state index is 13.1. The molecule has 3 nitrogen and oxygen atoms in total. The van der Waals surface area contributed by atoms with E-state index in [1.165, 1.54) is 13.0 Å². The fraction of sp³-hybridized carbons (Fsp3) is 0.111. The summed E-state index contributed by atoms with van der Waals surface area (Å²) in [5, 5.41) is 8.59. The number of anilines is 1. The average molecular weight is 178 g/mol. The molecule has 13 heavy (non-hydrogen) atoms. The van der Waals surface area contributed by atoms with Crippen molar-refractivity contribution in [1.29, 1.82) is 5.26 Å². The number of nitrogens with zero attached hydrogens (tertiary/aromatic N) is 1. The molecule has 0 aliphatic rings. The van der Waals surface area contributed by atoms with Crippen LogP contribution in [0.2, 0.25) is 0 Å². The van der Waals surface area contributed by atoms with Crippen LogP contribution in [0.4, 0.5) is 10.1 Å². The van der Waals surface area contributed by atoms with Crippen LogP contribution in [0.5, 0.6) is 0 Å². The molecule has 0 fully saturated rings. The minimum Gasteiger partial charge on any atom is -0.399 e. The second-order valence-electron chi connectivity index (χ2n) is 2.59. The molecule has 0 amide bonds. The lowest BCUT2D eigenvalue weighted by atomic mass is 10.0. The van der Waals surface area contributed by atoms with E-state index in [0.29, 0.717) is 0 Å². The van der Waals surface area contributed by atoms with Crippen LogP contribution in [0.15, 0.2) is 12.1 Å². The number of hydrogen-bond acceptors (Lipinski definition) is 3. The zero-order chi connectivity index (χ0) is 10.0. The third kappa shape index (κ3) is 1.64. The van der Waals surface area contributed by atoms with Crippen molar-refractivity contribution in [3.63, 3.8) is 0 Å². The molecule has 0 heterocycles. The second kappa shape index (κ2) is 3.23. The van der Waals surface area contributed by atoms with E-state index in [-0.39, 0.29) is 16.8 Å². The fourth-order valence-corrected chi connectivity index (χ4v) is 1.07. The van der Waals surface area contributed by atoms with E-state index in [0.717, 1.165) is 6.07 Å². The number of nitrogens with two attached hydrogens (primary N) is 1. The maximum Gasteiger partial charge on any atom is 0.164 e. The predicted octanol–water partition coefficient (Wildman–Crippen LogP) is 1.48. The summed E-state index contributed by atoms with van der Waals surface area (Å²) < 4.78 is 13.1. The van der Waals surface area contributed by atoms with Gasteiger partial charge in [0, 0.05) is 5.69 Å². The Morgan fingerprint density at radius 2 is 2.23 bits per heavy atom. The van der Waals surface area contributed by atoms with Crippen LogP contribution < -0.4 is 5.73 Å². The first kappa shape index (κ1) is 9.20. The van der Waals surface area contributed by atoms with Crippen LogP contribution in [-0.2, 0) is 0 Å². The Morgan fingerprint density at radius 3 is 2.69 bits per heavy atom. The van der Waals surface area contributed by atoms with E-state index in [4.69, 9.17) is 11.0 Å². The molecule has 0 aliphatic heterocycles. The van der Waals surface area contributed by atoms with Gasteiger partial charge in [0.15, 0.2) is 5.78 Å². The first-order valence-electron chi connectivity index (χ1n) is 3.56. The van der Waals surface area contributed by atoms with Crippen molar-refractivity contribution >= 4 is 11.5 Å². The summed E-state index contributed by atoms with van der Waals surface area (Å²) in [6, 6.07) is 4.02. The zero-order valence-corrected chi connectivity index (χ0v) is 6.97. The highest BCUT2D eigenvalue weighted by Gasteiger charge is 2.13. The van der Waals surface area contributed by atoms with Crippen LogP contribution in [0.1, 0.15) is 22.8 Å². The molecular formula is C9H7FN2O. The minimum atomic E-state index is -0.746. The van der Waals surface area contributed by atoms with Crippen molar-refractivity contribution < 1.29 is 9.18 Å². The first-order valence-corrected chi connectivity index (χ1v) is 3.56. The monoisotopic (exact) mass is 178 g/mol. The number of hydrogen-bond donors (Lipinski definition) is 1. The van der Waals surface area contributed by atoms with Gasteiger partial charge in [-0.05, 0) is 19.1 Å². The largest absolute Gasteiger partial charge is 0.399 e. The predicted molar refractivity (Wildman–Crippen MR) is 45.5 cm³/mol. The molecule has 0 bridgehead atoms. The molecule has 0 saturated carbocycles. The van der Waals surface area contributed by atoms with E-state index < -0.39 is 11.6 Å². The molecule has 1 rings (SSSR count). The highest BCUT2D eigenvalue weighted by Crippen LogP contribution is 2.17. The van der Waals surface area contributed by atoms with Gasteiger partial charge in [-0.1, -0.05) is 0 Å². The lowest BCUT2D eigenvalue weighted by Gasteiger charge is -2.02. The molecule has 0 atom stereocenters. The number of ketones is 1.